The van der Waals surface area contributed by atoms with E-state index in [1.807, 2.05) is 0 Å². The molecule has 12 heteroatoms. The fourth-order valence-electron chi connectivity index (χ4n) is 4.60. The minimum atomic E-state index is -4.73. The molecular formula is C42H68NO10P. The number of hydrogen-bond donors (Lipinski definition) is 3. The van der Waals surface area contributed by atoms with Gasteiger partial charge in [-0.2, -0.15) is 0 Å². The van der Waals surface area contributed by atoms with Gasteiger partial charge in [0, 0.05) is 12.8 Å². The molecular weight excluding hydrogens is 709 g/mol. The SMILES string of the molecule is CC/C=C\C/C=C\C/C=C\C/C=C\CCCCC(=O)OC(COC(=O)CCCCCCC/C=C\C/C=C\C/C=C\CC)COP(=O)(O)OCC(N)C(=O)O. The van der Waals surface area contributed by atoms with Crippen molar-refractivity contribution >= 4 is 25.7 Å². The van der Waals surface area contributed by atoms with E-state index in [0.29, 0.717) is 12.8 Å². The third kappa shape index (κ3) is 35.7. The molecule has 0 aromatic heterocycles. The predicted molar refractivity (Wildman–Crippen MR) is 217 cm³/mol. The first-order chi connectivity index (χ1) is 26.1. The number of carboxylic acids is 1. The molecule has 0 heterocycles. The van der Waals surface area contributed by atoms with Crippen LogP contribution in [0.4, 0.5) is 0 Å². The van der Waals surface area contributed by atoms with Crippen LogP contribution in [0, 0.1) is 0 Å². The number of ether oxygens (including phenoxy) is 2. The average molecular weight is 778 g/mol. The highest BCUT2D eigenvalue weighted by Crippen LogP contribution is 2.43. The summed E-state index contributed by atoms with van der Waals surface area (Å²) in [5.41, 5.74) is 5.32. The van der Waals surface area contributed by atoms with Crippen LogP contribution in [0.1, 0.15) is 129 Å². The summed E-state index contributed by atoms with van der Waals surface area (Å²) in [5.74, 6) is -2.47. The molecule has 0 bridgehead atoms. The third-order valence-electron chi connectivity index (χ3n) is 7.64. The number of rotatable bonds is 35. The Labute approximate surface area is 324 Å². The van der Waals surface area contributed by atoms with Gasteiger partial charge in [0.2, 0.25) is 0 Å². The van der Waals surface area contributed by atoms with Crippen LogP contribution in [0.3, 0.4) is 0 Å². The molecule has 54 heavy (non-hydrogen) atoms. The maximum Gasteiger partial charge on any atom is 0.472 e. The minimum Gasteiger partial charge on any atom is -0.480 e. The lowest BCUT2D eigenvalue weighted by Crippen LogP contribution is -2.34. The van der Waals surface area contributed by atoms with E-state index < -0.39 is 51.1 Å². The van der Waals surface area contributed by atoms with Gasteiger partial charge in [-0.15, -0.1) is 0 Å². The van der Waals surface area contributed by atoms with Crippen molar-refractivity contribution in [3.63, 3.8) is 0 Å². The number of carbonyl (C=O) groups excluding carboxylic acids is 2. The van der Waals surface area contributed by atoms with Gasteiger partial charge in [0.05, 0.1) is 13.2 Å². The number of hydrogen-bond acceptors (Lipinski definition) is 9. The molecule has 0 fully saturated rings. The molecule has 0 rings (SSSR count). The molecule has 0 amide bonds. The Balaban J connectivity index is 4.54. The van der Waals surface area contributed by atoms with Crippen molar-refractivity contribution in [3.05, 3.63) is 85.1 Å². The maximum atomic E-state index is 12.6. The first-order valence-electron chi connectivity index (χ1n) is 19.6. The summed E-state index contributed by atoms with van der Waals surface area (Å²) in [6, 6.07) is -1.53. The van der Waals surface area contributed by atoms with Crippen LogP contribution in [0.2, 0.25) is 0 Å². The Morgan fingerprint density at radius 3 is 1.50 bits per heavy atom. The van der Waals surface area contributed by atoms with Gasteiger partial charge in [0.1, 0.15) is 12.6 Å². The lowest BCUT2D eigenvalue weighted by atomic mass is 10.1. The van der Waals surface area contributed by atoms with Gasteiger partial charge >= 0.3 is 25.7 Å². The number of carbonyl (C=O) groups is 3. The molecule has 0 aromatic rings. The highest BCUT2D eigenvalue weighted by Gasteiger charge is 2.28. The van der Waals surface area contributed by atoms with E-state index in [0.717, 1.165) is 89.9 Å². The second-order valence-electron chi connectivity index (χ2n) is 12.6. The van der Waals surface area contributed by atoms with Crippen molar-refractivity contribution in [2.24, 2.45) is 5.73 Å². The van der Waals surface area contributed by atoms with Gasteiger partial charge in [-0.25, -0.2) is 4.57 Å². The summed E-state index contributed by atoms with van der Waals surface area (Å²) in [4.78, 5) is 45.8. The summed E-state index contributed by atoms with van der Waals surface area (Å²) >= 11 is 0. The normalized spacial score (nSPS) is 14.7. The fraction of sp³-hybridized carbons (Fsp3) is 0.595. The zero-order valence-electron chi connectivity index (χ0n) is 32.8. The minimum absolute atomic E-state index is 0.0997. The Hall–Kier alpha value is -3.34. The maximum absolute atomic E-state index is 12.6. The van der Waals surface area contributed by atoms with E-state index >= 15 is 0 Å². The lowest BCUT2D eigenvalue weighted by Gasteiger charge is -2.20. The third-order valence-corrected chi connectivity index (χ3v) is 8.59. The van der Waals surface area contributed by atoms with Crippen LogP contribution < -0.4 is 5.73 Å². The Kier molecular flexibility index (Phi) is 34.4. The van der Waals surface area contributed by atoms with Crippen LogP contribution >= 0.6 is 7.82 Å². The van der Waals surface area contributed by atoms with Crippen LogP contribution in [-0.2, 0) is 37.5 Å². The number of carboxylic acid groups (broad SMARTS) is 1. The van der Waals surface area contributed by atoms with Crippen LogP contribution in [0.5, 0.6) is 0 Å². The molecule has 0 aliphatic heterocycles. The summed E-state index contributed by atoms with van der Waals surface area (Å²) in [7, 11) is -4.73. The second kappa shape index (κ2) is 36.6. The Morgan fingerprint density at radius 2 is 0.981 bits per heavy atom. The van der Waals surface area contributed by atoms with Crippen molar-refractivity contribution in [1.82, 2.24) is 0 Å². The molecule has 0 radical (unpaired) electrons. The Bertz CT molecular complexity index is 1240. The van der Waals surface area contributed by atoms with Crippen molar-refractivity contribution in [3.8, 4) is 0 Å². The predicted octanol–water partition coefficient (Wildman–Crippen LogP) is 9.94. The standard InChI is InChI=1S/C42H68NO10P/c1-3-5-7-9-11-13-15-17-19-21-23-25-27-29-31-33-40(44)50-35-38(36-51-54(48,49)52-37-39(43)42(46)47)53-41(45)34-32-30-28-26-24-22-20-18-16-14-12-10-8-6-4-2/h5-8,11-14,17-20,24,26,38-39H,3-4,9-10,15-16,21-23,25,27-37,43H2,1-2H3,(H,46,47)(H,48,49)/b7-5-,8-6-,13-11-,14-12-,19-17-,20-18-,26-24-. The molecule has 0 saturated carbocycles. The van der Waals surface area contributed by atoms with E-state index in [-0.39, 0.29) is 19.4 Å². The van der Waals surface area contributed by atoms with E-state index in [1.165, 1.54) is 0 Å². The quantitative estimate of drug-likeness (QED) is 0.0242. The zero-order chi connectivity index (χ0) is 40.0. The van der Waals surface area contributed by atoms with E-state index in [2.05, 4.69) is 103 Å². The van der Waals surface area contributed by atoms with Crippen LogP contribution in [0.25, 0.3) is 0 Å². The summed E-state index contributed by atoms with van der Waals surface area (Å²) < 4.78 is 32.5. The van der Waals surface area contributed by atoms with Crippen molar-refractivity contribution < 1.29 is 47.5 Å². The monoisotopic (exact) mass is 777 g/mol. The molecule has 3 atom stereocenters. The van der Waals surface area contributed by atoms with Crippen LogP contribution in [-0.4, -0.2) is 59.9 Å². The molecule has 0 spiro atoms. The number of esters is 2. The van der Waals surface area contributed by atoms with E-state index in [4.69, 9.17) is 24.8 Å². The number of phosphoric ester groups is 1. The smallest absolute Gasteiger partial charge is 0.472 e. The lowest BCUT2D eigenvalue weighted by molar-refractivity contribution is -0.161. The van der Waals surface area contributed by atoms with Gasteiger partial charge in [0.15, 0.2) is 6.10 Å². The number of allylic oxidation sites excluding steroid dienone is 14. The summed E-state index contributed by atoms with van der Waals surface area (Å²) in [6.07, 6.45) is 43.7. The highest BCUT2D eigenvalue weighted by molar-refractivity contribution is 7.47. The fourth-order valence-corrected chi connectivity index (χ4v) is 5.38. The molecule has 4 N–H and O–H groups in total. The molecule has 3 unspecified atom stereocenters. The second-order valence-corrected chi connectivity index (χ2v) is 14.1. The molecule has 306 valence electrons. The average Bonchev–Trinajstić information content (AvgIpc) is 3.14. The van der Waals surface area contributed by atoms with Crippen molar-refractivity contribution in [1.29, 1.82) is 0 Å². The molecule has 11 nitrogen and oxygen atoms in total. The summed E-state index contributed by atoms with van der Waals surface area (Å²) in [5, 5.41) is 8.87. The number of nitrogens with two attached hydrogens (primary N) is 1. The van der Waals surface area contributed by atoms with Crippen molar-refractivity contribution in [2.45, 2.75) is 142 Å². The number of phosphoric acid groups is 1. The first kappa shape index (κ1) is 50.7. The zero-order valence-corrected chi connectivity index (χ0v) is 33.7. The van der Waals surface area contributed by atoms with Crippen LogP contribution in [0.15, 0.2) is 85.1 Å². The van der Waals surface area contributed by atoms with Crippen molar-refractivity contribution in [2.75, 3.05) is 19.8 Å². The first-order valence-corrected chi connectivity index (χ1v) is 21.1. The topological polar surface area (TPSA) is 172 Å². The molecule has 0 aliphatic rings. The Morgan fingerprint density at radius 1 is 0.574 bits per heavy atom. The number of unbranched alkanes of at least 4 members (excludes halogenated alkanes) is 7. The van der Waals surface area contributed by atoms with E-state index in [9.17, 15) is 23.8 Å². The highest BCUT2D eigenvalue weighted by atomic mass is 31.2. The van der Waals surface area contributed by atoms with E-state index in [1.54, 1.807) is 0 Å². The molecule has 0 saturated heterocycles. The summed E-state index contributed by atoms with van der Waals surface area (Å²) in [6.45, 7) is 2.48. The molecule has 0 aromatic carbocycles. The van der Waals surface area contributed by atoms with Gasteiger partial charge in [-0.3, -0.25) is 23.4 Å². The van der Waals surface area contributed by atoms with Gasteiger partial charge in [-0.05, 0) is 83.5 Å². The van der Waals surface area contributed by atoms with Gasteiger partial charge < -0.3 is 25.2 Å². The number of aliphatic carboxylic acids is 1. The van der Waals surface area contributed by atoms with Gasteiger partial charge in [0.25, 0.3) is 0 Å². The van der Waals surface area contributed by atoms with Gasteiger partial charge in [-0.1, -0.05) is 118 Å². The molecule has 0 aliphatic carbocycles. The largest absolute Gasteiger partial charge is 0.480 e.